The maximum atomic E-state index is 12.6. The van der Waals surface area contributed by atoms with Gasteiger partial charge < -0.3 is 9.64 Å². The summed E-state index contributed by atoms with van der Waals surface area (Å²) in [6.07, 6.45) is 15.2. The van der Waals surface area contributed by atoms with Gasteiger partial charge in [0.15, 0.2) is 5.82 Å². The van der Waals surface area contributed by atoms with E-state index in [0.717, 1.165) is 24.8 Å². The number of aryl methyl sites for hydroxylation is 1. The molecule has 2 aromatic rings. The Morgan fingerprint density at radius 1 is 0.970 bits per heavy atom. The van der Waals surface area contributed by atoms with Gasteiger partial charge >= 0.3 is 5.97 Å². The van der Waals surface area contributed by atoms with Gasteiger partial charge in [0.2, 0.25) is 5.91 Å². The van der Waals surface area contributed by atoms with Crippen LogP contribution in [-0.4, -0.2) is 39.3 Å². The molecule has 0 aliphatic carbocycles. The van der Waals surface area contributed by atoms with E-state index in [9.17, 15) is 9.59 Å². The fourth-order valence-corrected chi connectivity index (χ4v) is 4.27. The van der Waals surface area contributed by atoms with Crippen molar-refractivity contribution in [3.63, 3.8) is 0 Å². The quantitative estimate of drug-likeness (QED) is 0.234. The lowest BCUT2D eigenvalue weighted by molar-refractivity contribution is -0.146. The Hall–Kier alpha value is -2.76. The highest BCUT2D eigenvalue weighted by molar-refractivity contribution is 5.86. The number of benzene rings is 1. The zero-order chi connectivity index (χ0) is 23.5. The Labute approximate surface area is 197 Å². The van der Waals surface area contributed by atoms with Crippen LogP contribution in [0.2, 0.25) is 0 Å². The average molecular weight is 452 g/mol. The molecular formula is C27H37N3O3. The van der Waals surface area contributed by atoms with Crippen molar-refractivity contribution in [2.45, 2.75) is 90.5 Å². The summed E-state index contributed by atoms with van der Waals surface area (Å²) in [5.74, 6) is 0.800. The fraction of sp³-hybridized carbons (Fsp3) is 0.556. The molecule has 1 aliphatic heterocycles. The minimum absolute atomic E-state index is 0.0318. The number of ether oxygens (including phenoxy) is 1. The summed E-state index contributed by atoms with van der Waals surface area (Å²) in [6.45, 7) is 4.83. The molecule has 1 aromatic carbocycles. The molecule has 1 amide bonds. The van der Waals surface area contributed by atoms with Crippen molar-refractivity contribution in [1.82, 2.24) is 14.9 Å². The monoisotopic (exact) mass is 451 g/mol. The van der Waals surface area contributed by atoms with Gasteiger partial charge in [-0.2, -0.15) is 0 Å². The van der Waals surface area contributed by atoms with Gasteiger partial charge in [-0.1, -0.05) is 46.0 Å². The van der Waals surface area contributed by atoms with E-state index < -0.39 is 6.04 Å². The number of hydrogen-bond acceptors (Lipinski definition) is 5. The first kappa shape index (κ1) is 24.9. The van der Waals surface area contributed by atoms with Crippen molar-refractivity contribution in [2.24, 2.45) is 0 Å². The summed E-state index contributed by atoms with van der Waals surface area (Å²) in [6, 6.07) is 6.76. The second-order valence-corrected chi connectivity index (χ2v) is 8.87. The average Bonchev–Trinajstić information content (AvgIpc) is 3.33. The zero-order valence-corrected chi connectivity index (χ0v) is 20.1. The van der Waals surface area contributed by atoms with Crippen LogP contribution in [-0.2, 0) is 16.0 Å². The van der Waals surface area contributed by atoms with Gasteiger partial charge in [-0.25, -0.2) is 14.8 Å². The molecule has 33 heavy (non-hydrogen) atoms. The number of rotatable bonds is 12. The fourth-order valence-electron chi connectivity index (χ4n) is 4.27. The molecule has 1 aromatic heterocycles. The lowest BCUT2D eigenvalue weighted by Crippen LogP contribution is -2.42. The normalized spacial score (nSPS) is 15.6. The lowest BCUT2D eigenvalue weighted by Gasteiger charge is -2.23. The summed E-state index contributed by atoms with van der Waals surface area (Å²) >= 11 is 0. The topological polar surface area (TPSA) is 72.4 Å². The Kier molecular flexibility index (Phi) is 9.85. The number of hydrogen-bond donors (Lipinski definition) is 0. The van der Waals surface area contributed by atoms with Crippen LogP contribution in [0.25, 0.3) is 11.4 Å². The first-order chi connectivity index (χ1) is 16.1. The summed E-state index contributed by atoms with van der Waals surface area (Å²) < 4.78 is 5.57. The molecule has 0 unspecified atom stereocenters. The second kappa shape index (κ2) is 13.1. The third-order valence-corrected chi connectivity index (χ3v) is 6.16. The molecule has 2 heterocycles. The van der Waals surface area contributed by atoms with Crippen molar-refractivity contribution in [2.75, 3.05) is 6.54 Å². The van der Waals surface area contributed by atoms with Crippen molar-refractivity contribution in [3.05, 3.63) is 42.2 Å². The van der Waals surface area contributed by atoms with Gasteiger partial charge in [0.25, 0.3) is 0 Å². The molecule has 178 valence electrons. The third kappa shape index (κ3) is 7.37. The first-order valence-corrected chi connectivity index (χ1v) is 12.5. The number of nitrogens with zero attached hydrogens (tertiary/aromatic N) is 3. The summed E-state index contributed by atoms with van der Waals surface area (Å²) in [5, 5.41) is 0. The predicted molar refractivity (Wildman–Crippen MR) is 130 cm³/mol. The molecule has 1 aliphatic rings. The smallest absolute Gasteiger partial charge is 0.334 e. The van der Waals surface area contributed by atoms with Crippen molar-refractivity contribution in [1.29, 1.82) is 0 Å². The number of amides is 1. The van der Waals surface area contributed by atoms with Crippen LogP contribution in [0.4, 0.5) is 0 Å². The minimum Gasteiger partial charge on any atom is -0.425 e. The van der Waals surface area contributed by atoms with Gasteiger partial charge in [-0.3, -0.25) is 4.79 Å². The van der Waals surface area contributed by atoms with E-state index in [1.165, 1.54) is 44.1 Å². The Morgan fingerprint density at radius 2 is 1.67 bits per heavy atom. The van der Waals surface area contributed by atoms with Crippen LogP contribution in [0.5, 0.6) is 5.75 Å². The second-order valence-electron chi connectivity index (χ2n) is 8.87. The molecule has 1 atom stereocenters. The van der Waals surface area contributed by atoms with E-state index in [2.05, 4.69) is 16.9 Å². The third-order valence-electron chi connectivity index (χ3n) is 6.16. The van der Waals surface area contributed by atoms with E-state index in [4.69, 9.17) is 4.74 Å². The van der Waals surface area contributed by atoms with Crippen LogP contribution >= 0.6 is 0 Å². The Bertz CT molecular complexity index is 880. The molecule has 0 saturated carbocycles. The summed E-state index contributed by atoms with van der Waals surface area (Å²) in [7, 11) is 0. The van der Waals surface area contributed by atoms with Crippen molar-refractivity contribution < 1.29 is 14.3 Å². The molecule has 1 saturated heterocycles. The van der Waals surface area contributed by atoms with E-state index >= 15 is 0 Å². The molecule has 3 rings (SSSR count). The number of carbonyl (C=O) groups excluding carboxylic acids is 2. The van der Waals surface area contributed by atoms with Gasteiger partial charge in [0.05, 0.1) is 0 Å². The highest BCUT2D eigenvalue weighted by Gasteiger charge is 2.35. The zero-order valence-electron chi connectivity index (χ0n) is 20.1. The van der Waals surface area contributed by atoms with E-state index in [1.807, 2.05) is 31.5 Å². The van der Waals surface area contributed by atoms with Crippen LogP contribution in [0.15, 0.2) is 36.7 Å². The first-order valence-electron chi connectivity index (χ1n) is 12.5. The Morgan fingerprint density at radius 3 is 2.36 bits per heavy atom. The standard InChI is InChI=1S/C27H37N3O3/c1-3-5-6-7-8-9-12-21-19-28-26(29-20-21)22-14-16-23(17-15-22)33-27(32)24-13-10-18-30(24)25(31)11-4-2/h14-17,19-20,24H,3-13,18H2,1-2H3/t24-/m0/s1. The molecule has 0 N–H and O–H groups in total. The van der Waals surface area contributed by atoms with Gasteiger partial charge in [-0.05, 0) is 61.9 Å². The van der Waals surface area contributed by atoms with Crippen LogP contribution in [0.3, 0.4) is 0 Å². The van der Waals surface area contributed by atoms with Crippen LogP contribution < -0.4 is 4.74 Å². The predicted octanol–water partition coefficient (Wildman–Crippen LogP) is 5.74. The van der Waals surface area contributed by atoms with Crippen LogP contribution in [0, 0.1) is 0 Å². The molecule has 0 spiro atoms. The number of likely N-dealkylation sites (tertiary alicyclic amines) is 1. The van der Waals surface area contributed by atoms with E-state index in [-0.39, 0.29) is 11.9 Å². The lowest BCUT2D eigenvalue weighted by atomic mass is 10.1. The number of unbranched alkanes of at least 4 members (excludes halogenated alkanes) is 5. The SMILES string of the molecule is CCCCCCCCc1cnc(-c2ccc(OC(=O)[C@@H]3CCCN3C(=O)CCC)cc2)nc1. The molecular weight excluding hydrogens is 414 g/mol. The highest BCUT2D eigenvalue weighted by Crippen LogP contribution is 2.23. The molecule has 0 bridgehead atoms. The molecule has 6 nitrogen and oxygen atoms in total. The van der Waals surface area contributed by atoms with Gasteiger partial charge in [0, 0.05) is 30.9 Å². The maximum Gasteiger partial charge on any atom is 0.334 e. The summed E-state index contributed by atoms with van der Waals surface area (Å²) in [4.78, 5) is 35.6. The molecule has 0 radical (unpaired) electrons. The summed E-state index contributed by atoms with van der Waals surface area (Å²) in [5.41, 5.74) is 2.04. The van der Waals surface area contributed by atoms with Gasteiger partial charge in [-0.15, -0.1) is 0 Å². The van der Waals surface area contributed by atoms with Crippen molar-refractivity contribution in [3.8, 4) is 17.1 Å². The maximum absolute atomic E-state index is 12.6. The van der Waals surface area contributed by atoms with Gasteiger partial charge in [0.1, 0.15) is 11.8 Å². The van der Waals surface area contributed by atoms with E-state index in [1.54, 1.807) is 17.0 Å². The number of carbonyl (C=O) groups is 2. The minimum atomic E-state index is -0.480. The molecule has 1 fully saturated rings. The Balaban J connectivity index is 1.50. The number of aromatic nitrogens is 2. The largest absolute Gasteiger partial charge is 0.425 e. The molecule has 6 heteroatoms. The van der Waals surface area contributed by atoms with E-state index in [0.29, 0.717) is 31.0 Å². The van der Waals surface area contributed by atoms with Crippen LogP contribution in [0.1, 0.15) is 83.6 Å². The van der Waals surface area contributed by atoms with Crippen molar-refractivity contribution >= 4 is 11.9 Å². The highest BCUT2D eigenvalue weighted by atomic mass is 16.5. The number of esters is 1.